The van der Waals surface area contributed by atoms with Crippen LogP contribution in [0.15, 0.2) is 97.1 Å². The number of phenols is 2. The molecule has 6 aromatic rings. The maximum absolute atomic E-state index is 12.0. The summed E-state index contributed by atoms with van der Waals surface area (Å²) in [4.78, 5) is 0. The number of benzene rings is 6. The third kappa shape index (κ3) is 8.74. The molecule has 0 amide bonds. The van der Waals surface area contributed by atoms with Gasteiger partial charge >= 0.3 is 0 Å². The van der Waals surface area contributed by atoms with Crippen LogP contribution in [0.2, 0.25) is 0 Å². The highest BCUT2D eigenvalue weighted by Crippen LogP contribution is 2.72. The van der Waals surface area contributed by atoms with Crippen LogP contribution in [0.4, 0.5) is 11.4 Å². The summed E-state index contributed by atoms with van der Waals surface area (Å²) in [6.45, 7) is 0. The average Bonchev–Trinajstić information content (AvgIpc) is 1.55. The van der Waals surface area contributed by atoms with Gasteiger partial charge < -0.3 is 31.2 Å². The first kappa shape index (κ1) is 61.2. The van der Waals surface area contributed by atoms with E-state index in [9.17, 15) is 10.2 Å². The van der Waals surface area contributed by atoms with Gasteiger partial charge in [-0.2, -0.15) is 0 Å². The van der Waals surface area contributed by atoms with Crippen LogP contribution in [0.5, 0.6) is 34.5 Å². The number of anilines is 2. The van der Waals surface area contributed by atoms with Crippen molar-refractivity contribution in [2.24, 2.45) is 107 Å². The number of nitrogens with two attached hydrogens (primary N) is 2. The number of ether oxygens (including phenoxy) is 2. The van der Waals surface area contributed by atoms with Crippen molar-refractivity contribution >= 4 is 11.4 Å². The fourth-order valence-electron chi connectivity index (χ4n) is 35.4. The molecule has 0 heterocycles. The largest absolute Gasteiger partial charge is 0.506 e. The highest BCUT2D eigenvalue weighted by molar-refractivity contribution is 5.88. The maximum atomic E-state index is 12.0. The molecule has 0 spiro atoms. The molecule has 24 fully saturated rings. The van der Waals surface area contributed by atoms with Crippen molar-refractivity contribution in [3.8, 4) is 45.6 Å². The molecule has 25 aliphatic rings. The van der Waals surface area contributed by atoms with E-state index < -0.39 is 5.41 Å². The fourth-order valence-corrected chi connectivity index (χ4v) is 35.4. The summed E-state index contributed by atoms with van der Waals surface area (Å²) in [6, 6.07) is 41.0. The van der Waals surface area contributed by atoms with Crippen LogP contribution in [-0.2, 0) is 37.9 Å². The second-order valence-electron chi connectivity index (χ2n) is 42.9. The lowest BCUT2D eigenvalue weighted by molar-refractivity contribution is -0.00738. The number of aromatic hydroxyl groups is 2. The molecule has 0 radical (unpaired) electrons. The number of fused-ring (bicyclic) bond motifs is 3. The van der Waals surface area contributed by atoms with Gasteiger partial charge in [0, 0.05) is 34.4 Å². The third-order valence-corrected chi connectivity index (χ3v) is 36.4. The van der Waals surface area contributed by atoms with Gasteiger partial charge in [-0.3, -0.25) is 0 Å². The Morgan fingerprint density at radius 2 is 0.447 bits per heavy atom. The summed E-state index contributed by atoms with van der Waals surface area (Å²) < 4.78 is 16.1. The van der Waals surface area contributed by atoms with Gasteiger partial charge in [0.05, 0.1) is 16.8 Å². The minimum absolute atomic E-state index is 0.0196. The molecule has 6 heteroatoms. The van der Waals surface area contributed by atoms with Crippen molar-refractivity contribution in [2.75, 3.05) is 11.5 Å². The fraction of sp³-hybridized carbons (Fsp3) is 0.629. The Balaban J connectivity index is 0.748. The molecule has 25 aliphatic carbocycles. The molecule has 6 aromatic carbocycles. The highest BCUT2D eigenvalue weighted by Gasteiger charge is 2.61. The Labute approximate surface area is 612 Å². The SMILES string of the molecule is Nc1cc(C23CC4CC(CC(C4)C2)C3)c(Oc2ccc(C3(c4ccc(Oc5cc(O)c(N)cc5C56CC7CC(CC(C7)C5)C6)c(C56CC7CC(CC(C7)C5)C6)c4)c4cc(C56CC7CC(CC(C7)C5)C6)ccc4-c4ccc(C56CC7CC(CC(C7)C5)C6)cc43)cc2C23CC4CC(CC(C4)C2)C3)cc1O. The number of rotatable bonds is 12. The summed E-state index contributed by atoms with van der Waals surface area (Å²) in [5, 5.41) is 24.0. The van der Waals surface area contributed by atoms with E-state index in [-0.39, 0.29) is 44.0 Å². The molecule has 534 valence electrons. The monoisotopic (exact) mass is 1370 g/mol. The van der Waals surface area contributed by atoms with E-state index in [1.54, 1.807) is 11.1 Å². The Kier molecular flexibility index (Phi) is 12.4. The molecule has 6 nitrogen and oxygen atoms in total. The van der Waals surface area contributed by atoms with Crippen LogP contribution in [0, 0.1) is 107 Å². The molecule has 24 bridgehead atoms. The van der Waals surface area contributed by atoms with Gasteiger partial charge in [0.1, 0.15) is 34.5 Å². The van der Waals surface area contributed by atoms with Crippen molar-refractivity contribution in [1.29, 1.82) is 0 Å². The lowest BCUT2D eigenvalue weighted by Gasteiger charge is -2.58. The number of nitrogen functional groups attached to an aromatic ring is 2. The molecule has 0 atom stereocenters. The van der Waals surface area contributed by atoms with E-state index in [0.717, 1.165) is 130 Å². The lowest BCUT2D eigenvalue weighted by atomic mass is 9.47. The van der Waals surface area contributed by atoms with E-state index in [0.29, 0.717) is 11.4 Å². The maximum Gasteiger partial charge on any atom is 0.142 e. The van der Waals surface area contributed by atoms with Gasteiger partial charge in [-0.1, -0.05) is 48.5 Å². The quantitative estimate of drug-likeness (QED) is 0.0717. The Morgan fingerprint density at radius 1 is 0.233 bits per heavy atom. The molecular formula is C97H112N2O4. The van der Waals surface area contributed by atoms with Crippen LogP contribution in [0.1, 0.15) is 287 Å². The first-order valence-corrected chi connectivity index (χ1v) is 43.3. The van der Waals surface area contributed by atoms with E-state index >= 15 is 0 Å². The summed E-state index contributed by atoms with van der Waals surface area (Å²) in [7, 11) is 0. The first-order valence-electron chi connectivity index (χ1n) is 43.3. The van der Waals surface area contributed by atoms with Crippen LogP contribution in [0.3, 0.4) is 0 Å². The van der Waals surface area contributed by atoms with E-state index in [1.807, 2.05) is 12.1 Å². The Bertz CT molecular complexity index is 4120. The highest BCUT2D eigenvalue weighted by atomic mass is 16.5. The summed E-state index contributed by atoms with van der Waals surface area (Å²) in [6.07, 6.45) is 47.8. The zero-order chi connectivity index (χ0) is 67.6. The molecule has 0 aromatic heterocycles. The van der Waals surface area contributed by atoms with Crippen LogP contribution >= 0.6 is 0 Å². The number of phenolic OH excluding ortho intramolecular Hbond substituents is 2. The van der Waals surface area contributed by atoms with Crippen molar-refractivity contribution in [3.05, 3.63) is 153 Å². The van der Waals surface area contributed by atoms with E-state index in [1.165, 1.54) is 287 Å². The Morgan fingerprint density at radius 3 is 0.699 bits per heavy atom. The number of hydrogen-bond donors (Lipinski definition) is 4. The third-order valence-electron chi connectivity index (χ3n) is 36.4. The second kappa shape index (κ2) is 20.9. The predicted molar refractivity (Wildman–Crippen MR) is 408 cm³/mol. The molecule has 0 unspecified atom stereocenters. The van der Waals surface area contributed by atoms with Gasteiger partial charge in [0.2, 0.25) is 0 Å². The van der Waals surface area contributed by atoms with Gasteiger partial charge in [-0.05, 0) is 451 Å². The molecule has 24 saturated carbocycles. The first-order chi connectivity index (χ1) is 50.0. The predicted octanol–water partition coefficient (Wildman–Crippen LogP) is 23.0. The van der Waals surface area contributed by atoms with Crippen molar-refractivity contribution in [2.45, 2.75) is 269 Å². The van der Waals surface area contributed by atoms with Crippen molar-refractivity contribution < 1.29 is 19.7 Å². The van der Waals surface area contributed by atoms with Gasteiger partial charge in [0.25, 0.3) is 0 Å². The van der Waals surface area contributed by atoms with Crippen molar-refractivity contribution in [1.82, 2.24) is 0 Å². The molecular weight excluding hydrogens is 1260 g/mol. The van der Waals surface area contributed by atoms with Gasteiger partial charge in [-0.25, -0.2) is 0 Å². The van der Waals surface area contributed by atoms with Crippen molar-refractivity contribution in [3.63, 3.8) is 0 Å². The minimum Gasteiger partial charge on any atom is -0.506 e. The normalized spacial score (nSPS) is 45.3. The lowest BCUT2D eigenvalue weighted by Crippen LogP contribution is -2.49. The van der Waals surface area contributed by atoms with Crippen LogP contribution < -0.4 is 20.9 Å². The minimum atomic E-state index is -0.680. The molecule has 31 rings (SSSR count). The smallest absolute Gasteiger partial charge is 0.142 e. The van der Waals surface area contributed by atoms with E-state index in [4.69, 9.17) is 20.9 Å². The van der Waals surface area contributed by atoms with Gasteiger partial charge in [-0.15, -0.1) is 0 Å². The van der Waals surface area contributed by atoms with E-state index in [2.05, 4.69) is 84.9 Å². The molecule has 0 saturated heterocycles. The number of hydrogen-bond acceptors (Lipinski definition) is 6. The molecule has 6 N–H and O–H groups in total. The topological polar surface area (TPSA) is 111 Å². The zero-order valence-corrected chi connectivity index (χ0v) is 61.5. The average molecular weight is 1370 g/mol. The standard InChI is InChI=1S/C97H112N2O4/c98-83-31-81(95-47-65-21-66(48-95)23-67(22-65)49-95)89(33-85(83)100)102-87-7-3-73(29-79(87)93-41-59-15-60(42-93)17-61(16-59)43-93)97(77-27-71(91-35-53-9-54(36-91)11-55(10-53)37-91)1-5-75(77)76-6-2-72(28-78(76)97)92-38-56-12-57(39-92)14-58(13-56)40-92)74-4-8-88(80(30-74)94-44-62-18-63(45-94)20-64(19-62)46-94)103-90-34-86(101)84(99)32-82(90)96-50-68-24-69(51-96)26-70(25-68)52-96/h1-8,27-34,53-70,100-101H,9-26,35-52,98-99H2. The Hall–Kier alpha value is -5.88. The molecule has 103 heavy (non-hydrogen) atoms. The summed E-state index contributed by atoms with van der Waals surface area (Å²) >= 11 is 0. The second-order valence-corrected chi connectivity index (χ2v) is 42.9. The van der Waals surface area contributed by atoms with Gasteiger partial charge in [0.15, 0.2) is 0 Å². The van der Waals surface area contributed by atoms with Crippen LogP contribution in [-0.4, -0.2) is 10.2 Å². The zero-order valence-electron chi connectivity index (χ0n) is 61.5. The summed E-state index contributed by atoms with van der Waals surface area (Å²) in [5.41, 5.74) is 32.1. The molecule has 0 aliphatic heterocycles. The van der Waals surface area contributed by atoms with Crippen LogP contribution in [0.25, 0.3) is 11.1 Å². The summed E-state index contributed by atoms with van der Waals surface area (Å²) in [5.74, 6) is 18.1.